The van der Waals surface area contributed by atoms with Crippen LogP contribution in [0.3, 0.4) is 0 Å². The summed E-state index contributed by atoms with van der Waals surface area (Å²) in [6.45, 7) is 2.87. The number of fused-ring (bicyclic) bond motifs is 1. The van der Waals surface area contributed by atoms with Gasteiger partial charge < -0.3 is 20.6 Å². The molecule has 0 bridgehead atoms. The Balaban J connectivity index is 1.52. The van der Waals surface area contributed by atoms with Gasteiger partial charge in [-0.3, -0.25) is 4.79 Å². The van der Waals surface area contributed by atoms with Crippen molar-refractivity contribution < 1.29 is 18.7 Å². The Hall–Kier alpha value is -2.69. The summed E-state index contributed by atoms with van der Waals surface area (Å²) in [6.07, 6.45) is 4.43. The van der Waals surface area contributed by atoms with E-state index in [9.17, 15) is 14.3 Å². The Labute approximate surface area is 203 Å². The van der Waals surface area contributed by atoms with E-state index >= 15 is 4.39 Å². The highest BCUT2D eigenvalue weighted by Crippen LogP contribution is 2.36. The minimum absolute atomic E-state index is 0.0110. The van der Waals surface area contributed by atoms with Crippen molar-refractivity contribution in [2.75, 3.05) is 25.0 Å². The van der Waals surface area contributed by atoms with Crippen LogP contribution in [0.5, 0.6) is 0 Å². The van der Waals surface area contributed by atoms with E-state index in [4.69, 9.17) is 0 Å². The molecule has 0 aliphatic carbocycles. The fourth-order valence-corrected chi connectivity index (χ4v) is 5.09. The van der Waals surface area contributed by atoms with Gasteiger partial charge in [-0.1, -0.05) is 22.4 Å². The minimum atomic E-state index is -1.02. The maximum absolute atomic E-state index is 15.7. The average molecular weight is 532 g/mol. The van der Waals surface area contributed by atoms with Crippen LogP contribution in [0.1, 0.15) is 35.2 Å². The molecule has 1 aromatic heterocycles. The normalized spacial score (nSPS) is 19.7. The number of hydrogen-bond donors (Lipinski definition) is 3. The Morgan fingerprint density at radius 3 is 2.79 bits per heavy atom. The molecule has 1 atom stereocenters. The van der Waals surface area contributed by atoms with Crippen molar-refractivity contribution in [3.05, 3.63) is 57.7 Å². The van der Waals surface area contributed by atoms with Gasteiger partial charge in [-0.15, -0.1) is 5.10 Å². The standard InChI is InChI=1S/C24H24BrF2N5O2/c1-13-10-29-31-22-15(13)9-16(21(20(22)27)30-18-6-5-14(25)8-17(18)26)23(33)32-11-24(34,12-32)19-4-2-3-7-28-19/h5-6,8-10,19,28,30,34H,2-4,7,11-12H2,1H3. The van der Waals surface area contributed by atoms with Crippen molar-refractivity contribution in [1.29, 1.82) is 0 Å². The molecule has 0 radical (unpaired) electrons. The number of β-amino-alcohol motifs (C(OH)–C–C–N with tert-alkyl or cyclic N) is 1. The van der Waals surface area contributed by atoms with E-state index < -0.39 is 23.1 Å². The van der Waals surface area contributed by atoms with Gasteiger partial charge in [-0.2, -0.15) is 5.10 Å². The molecule has 2 fully saturated rings. The number of aromatic nitrogens is 2. The number of benzene rings is 2. The number of likely N-dealkylation sites (tertiary alicyclic amines) is 1. The van der Waals surface area contributed by atoms with E-state index in [1.807, 2.05) is 0 Å². The number of aliphatic hydroxyl groups is 1. The highest BCUT2D eigenvalue weighted by Gasteiger charge is 2.49. The number of hydrogen-bond acceptors (Lipinski definition) is 6. The number of anilines is 2. The first-order valence-electron chi connectivity index (χ1n) is 11.2. The van der Waals surface area contributed by atoms with E-state index in [0.717, 1.165) is 25.8 Å². The zero-order valence-corrected chi connectivity index (χ0v) is 20.1. The quantitative estimate of drug-likeness (QED) is 0.470. The number of carbonyl (C=O) groups excluding carboxylic acids is 1. The lowest BCUT2D eigenvalue weighted by molar-refractivity contribution is -0.108. The number of nitrogens with one attached hydrogen (secondary N) is 2. The van der Waals surface area contributed by atoms with E-state index in [1.54, 1.807) is 19.1 Å². The van der Waals surface area contributed by atoms with Crippen molar-refractivity contribution in [2.24, 2.45) is 0 Å². The van der Waals surface area contributed by atoms with Crippen LogP contribution in [0.15, 0.2) is 34.9 Å². The van der Waals surface area contributed by atoms with Crippen molar-refractivity contribution >= 4 is 44.1 Å². The lowest BCUT2D eigenvalue weighted by Gasteiger charge is -2.51. The van der Waals surface area contributed by atoms with E-state index in [0.29, 0.717) is 15.4 Å². The summed E-state index contributed by atoms with van der Waals surface area (Å²) in [5, 5.41) is 25.3. The molecule has 2 aromatic carbocycles. The smallest absolute Gasteiger partial charge is 0.256 e. The van der Waals surface area contributed by atoms with Gasteiger partial charge in [0.05, 0.1) is 36.2 Å². The topological polar surface area (TPSA) is 90.4 Å². The van der Waals surface area contributed by atoms with Crippen LogP contribution in [0, 0.1) is 18.6 Å². The van der Waals surface area contributed by atoms with Gasteiger partial charge in [0.15, 0.2) is 5.82 Å². The van der Waals surface area contributed by atoms with E-state index in [1.165, 1.54) is 23.2 Å². The number of aryl methyl sites for hydroxylation is 1. The van der Waals surface area contributed by atoms with Gasteiger partial charge in [0, 0.05) is 15.9 Å². The summed E-state index contributed by atoms with van der Waals surface area (Å²) in [6, 6.07) is 5.80. The molecule has 1 unspecified atom stereocenters. The van der Waals surface area contributed by atoms with Crippen LogP contribution in [-0.4, -0.2) is 57.4 Å². The highest BCUT2D eigenvalue weighted by molar-refractivity contribution is 9.10. The number of nitrogens with zero attached hydrogens (tertiary/aromatic N) is 3. The van der Waals surface area contributed by atoms with E-state index in [-0.39, 0.29) is 41.6 Å². The lowest BCUT2D eigenvalue weighted by atomic mass is 9.81. The number of amides is 1. The van der Waals surface area contributed by atoms with Crippen molar-refractivity contribution in [2.45, 2.75) is 37.8 Å². The van der Waals surface area contributed by atoms with Gasteiger partial charge >= 0.3 is 0 Å². The van der Waals surface area contributed by atoms with Crippen LogP contribution in [0.4, 0.5) is 20.2 Å². The van der Waals surface area contributed by atoms with Gasteiger partial charge in [-0.05, 0) is 56.1 Å². The summed E-state index contributed by atoms with van der Waals surface area (Å²) in [5.41, 5.74) is -0.485. The minimum Gasteiger partial charge on any atom is -0.385 e. The van der Waals surface area contributed by atoms with Crippen LogP contribution in [0.25, 0.3) is 10.9 Å². The summed E-state index contributed by atoms with van der Waals surface area (Å²) in [4.78, 5) is 15.0. The van der Waals surface area contributed by atoms with Crippen LogP contribution >= 0.6 is 15.9 Å². The monoisotopic (exact) mass is 531 g/mol. The van der Waals surface area contributed by atoms with Crippen LogP contribution < -0.4 is 10.6 Å². The molecule has 34 heavy (non-hydrogen) atoms. The largest absolute Gasteiger partial charge is 0.385 e. The first kappa shape index (κ1) is 23.1. The second-order valence-corrected chi connectivity index (χ2v) is 9.97. The Kier molecular flexibility index (Phi) is 5.99. The molecule has 3 aromatic rings. The third-order valence-electron chi connectivity index (χ3n) is 6.67. The zero-order chi connectivity index (χ0) is 24.0. The maximum atomic E-state index is 15.7. The van der Waals surface area contributed by atoms with E-state index in [2.05, 4.69) is 36.8 Å². The van der Waals surface area contributed by atoms with Crippen molar-refractivity contribution in [3.8, 4) is 0 Å². The molecule has 3 N–H and O–H groups in total. The molecule has 2 saturated heterocycles. The molecule has 10 heteroatoms. The fourth-order valence-electron chi connectivity index (χ4n) is 4.76. The number of piperidine rings is 1. The zero-order valence-electron chi connectivity index (χ0n) is 18.5. The molecule has 2 aliphatic heterocycles. The third kappa shape index (κ3) is 4.03. The first-order chi connectivity index (χ1) is 16.3. The summed E-state index contributed by atoms with van der Waals surface area (Å²) < 4.78 is 30.7. The molecule has 7 nitrogen and oxygen atoms in total. The molecule has 0 spiro atoms. The van der Waals surface area contributed by atoms with Crippen LogP contribution in [-0.2, 0) is 0 Å². The molecule has 5 rings (SSSR count). The third-order valence-corrected chi connectivity index (χ3v) is 7.16. The second-order valence-electron chi connectivity index (χ2n) is 9.05. The van der Waals surface area contributed by atoms with Gasteiger partial charge in [0.25, 0.3) is 5.91 Å². The lowest BCUT2D eigenvalue weighted by Crippen LogP contribution is -2.72. The Bertz CT molecular complexity index is 1280. The predicted molar refractivity (Wildman–Crippen MR) is 128 cm³/mol. The molecule has 0 saturated carbocycles. The first-order valence-corrected chi connectivity index (χ1v) is 12.0. The molecular weight excluding hydrogens is 508 g/mol. The average Bonchev–Trinajstić information content (AvgIpc) is 2.80. The number of rotatable bonds is 4. The molecule has 2 aliphatic rings. The highest BCUT2D eigenvalue weighted by atomic mass is 79.9. The summed E-state index contributed by atoms with van der Waals surface area (Å²) in [5.74, 6) is -1.84. The van der Waals surface area contributed by atoms with Crippen molar-refractivity contribution in [3.63, 3.8) is 0 Å². The summed E-state index contributed by atoms with van der Waals surface area (Å²) in [7, 11) is 0. The predicted octanol–water partition coefficient (Wildman–Crippen LogP) is 4.05. The Morgan fingerprint density at radius 1 is 1.29 bits per heavy atom. The molecule has 178 valence electrons. The molecule has 1 amide bonds. The maximum Gasteiger partial charge on any atom is 0.256 e. The molecule has 3 heterocycles. The summed E-state index contributed by atoms with van der Waals surface area (Å²) >= 11 is 3.20. The molecular formula is C24H24BrF2N5O2. The number of halogens is 3. The van der Waals surface area contributed by atoms with Crippen LogP contribution in [0.2, 0.25) is 0 Å². The Morgan fingerprint density at radius 2 is 2.09 bits per heavy atom. The van der Waals surface area contributed by atoms with Crippen molar-refractivity contribution in [1.82, 2.24) is 20.4 Å². The fraction of sp³-hybridized carbons (Fsp3) is 0.375. The SMILES string of the molecule is Cc1cnnc2c(F)c(Nc3ccc(Br)cc3F)c(C(=O)N3CC(O)(C4CCCCN4)C3)cc12. The van der Waals surface area contributed by atoms with Gasteiger partial charge in [0.1, 0.15) is 16.9 Å². The van der Waals surface area contributed by atoms with Gasteiger partial charge in [0.2, 0.25) is 0 Å². The number of carbonyl (C=O) groups is 1. The second kappa shape index (κ2) is 8.83. The van der Waals surface area contributed by atoms with Gasteiger partial charge in [-0.25, -0.2) is 8.78 Å².